The number of anilines is 2. The molecular weight excluding hydrogens is 502 g/mol. The van der Waals surface area contributed by atoms with E-state index in [0.717, 1.165) is 11.4 Å². The standard InChI is InChI=1S/C38H25NS/c1-2-7-28-22-30(15-12-25(28)6-1)33-10-5-8-27-13-14-29(23-35(27)33)26-16-18-31(19-17-26)39-32-20-21-38-36(24-32)34-9-3-4-11-37(34)40-38/h1-24,39H. The second-order valence-corrected chi connectivity index (χ2v) is 11.4. The molecule has 40 heavy (non-hydrogen) atoms. The minimum Gasteiger partial charge on any atom is -0.356 e. The fourth-order valence-corrected chi connectivity index (χ4v) is 6.86. The topological polar surface area (TPSA) is 12.0 Å². The highest BCUT2D eigenvalue weighted by Crippen LogP contribution is 2.37. The molecular formula is C38H25NS. The maximum absolute atomic E-state index is 3.61. The van der Waals surface area contributed by atoms with E-state index in [1.165, 1.54) is 64.0 Å². The summed E-state index contributed by atoms with van der Waals surface area (Å²) in [5.74, 6) is 0. The van der Waals surface area contributed by atoms with E-state index in [-0.39, 0.29) is 0 Å². The van der Waals surface area contributed by atoms with Gasteiger partial charge in [0, 0.05) is 31.5 Å². The van der Waals surface area contributed by atoms with Crippen molar-refractivity contribution in [3.05, 3.63) is 146 Å². The highest BCUT2D eigenvalue weighted by Gasteiger charge is 2.09. The molecule has 1 aromatic heterocycles. The predicted octanol–water partition coefficient (Wildman–Crippen LogP) is 11.4. The van der Waals surface area contributed by atoms with Crippen LogP contribution in [0.25, 0.3) is 64.0 Å². The van der Waals surface area contributed by atoms with Crippen LogP contribution in [0.5, 0.6) is 0 Å². The fourth-order valence-electron chi connectivity index (χ4n) is 5.78. The van der Waals surface area contributed by atoms with Gasteiger partial charge in [-0.25, -0.2) is 0 Å². The summed E-state index contributed by atoms with van der Waals surface area (Å²) in [6.07, 6.45) is 0. The van der Waals surface area contributed by atoms with Gasteiger partial charge in [0.15, 0.2) is 0 Å². The molecule has 1 nitrogen and oxygen atoms in total. The van der Waals surface area contributed by atoms with Crippen molar-refractivity contribution in [2.24, 2.45) is 0 Å². The Morgan fingerprint density at radius 2 is 1.07 bits per heavy atom. The van der Waals surface area contributed by atoms with E-state index in [9.17, 15) is 0 Å². The zero-order valence-corrected chi connectivity index (χ0v) is 22.6. The van der Waals surface area contributed by atoms with Gasteiger partial charge in [-0.15, -0.1) is 11.3 Å². The van der Waals surface area contributed by atoms with Gasteiger partial charge in [-0.3, -0.25) is 0 Å². The zero-order chi connectivity index (χ0) is 26.5. The summed E-state index contributed by atoms with van der Waals surface area (Å²) >= 11 is 1.85. The first-order valence-electron chi connectivity index (χ1n) is 13.6. The molecule has 188 valence electrons. The van der Waals surface area contributed by atoms with Crippen molar-refractivity contribution in [1.82, 2.24) is 0 Å². The van der Waals surface area contributed by atoms with Gasteiger partial charge in [-0.1, -0.05) is 97.1 Å². The van der Waals surface area contributed by atoms with E-state index in [2.05, 4.69) is 151 Å². The molecule has 0 spiro atoms. The molecule has 0 atom stereocenters. The lowest BCUT2D eigenvalue weighted by Gasteiger charge is -2.11. The van der Waals surface area contributed by atoms with E-state index in [4.69, 9.17) is 0 Å². The lowest BCUT2D eigenvalue weighted by molar-refractivity contribution is 1.56. The first-order valence-corrected chi connectivity index (χ1v) is 14.4. The number of hydrogen-bond acceptors (Lipinski definition) is 2. The van der Waals surface area contributed by atoms with Crippen molar-refractivity contribution in [1.29, 1.82) is 0 Å². The van der Waals surface area contributed by atoms with Crippen molar-refractivity contribution in [3.63, 3.8) is 0 Å². The Hall–Kier alpha value is -4.92. The number of nitrogens with one attached hydrogen (secondary N) is 1. The fraction of sp³-hybridized carbons (Fsp3) is 0. The average Bonchev–Trinajstić information content (AvgIpc) is 3.39. The van der Waals surface area contributed by atoms with Gasteiger partial charge in [0.05, 0.1) is 0 Å². The van der Waals surface area contributed by atoms with Crippen molar-refractivity contribution < 1.29 is 0 Å². The summed E-state index contributed by atoms with van der Waals surface area (Å²) < 4.78 is 2.65. The molecule has 0 amide bonds. The van der Waals surface area contributed by atoms with Crippen LogP contribution >= 0.6 is 11.3 Å². The van der Waals surface area contributed by atoms with Crippen molar-refractivity contribution in [2.75, 3.05) is 5.32 Å². The lowest BCUT2D eigenvalue weighted by Crippen LogP contribution is -1.90. The monoisotopic (exact) mass is 527 g/mol. The summed E-state index contributed by atoms with van der Waals surface area (Å²) in [4.78, 5) is 0. The molecule has 1 N–H and O–H groups in total. The summed E-state index contributed by atoms with van der Waals surface area (Å²) in [5.41, 5.74) is 7.13. The Balaban J connectivity index is 1.12. The lowest BCUT2D eigenvalue weighted by atomic mass is 9.93. The smallest absolute Gasteiger partial charge is 0.0391 e. The third-order valence-corrected chi connectivity index (χ3v) is 8.98. The quantitative estimate of drug-likeness (QED) is 0.240. The second-order valence-electron chi connectivity index (χ2n) is 10.3. The number of fused-ring (bicyclic) bond motifs is 5. The van der Waals surface area contributed by atoms with Crippen LogP contribution in [0.15, 0.2) is 146 Å². The molecule has 2 heteroatoms. The highest BCUT2D eigenvalue weighted by atomic mass is 32.1. The van der Waals surface area contributed by atoms with Gasteiger partial charge in [-0.05, 0) is 92.3 Å². The number of thiophene rings is 1. The Bertz CT molecular complexity index is 2190. The predicted molar refractivity (Wildman–Crippen MR) is 175 cm³/mol. The first kappa shape index (κ1) is 23.0. The van der Waals surface area contributed by atoms with Crippen molar-refractivity contribution >= 4 is 64.4 Å². The normalized spacial score (nSPS) is 11.5. The van der Waals surface area contributed by atoms with Crippen molar-refractivity contribution in [2.45, 2.75) is 0 Å². The van der Waals surface area contributed by atoms with E-state index in [1.807, 2.05) is 11.3 Å². The molecule has 0 saturated heterocycles. The molecule has 7 aromatic carbocycles. The van der Waals surface area contributed by atoms with E-state index in [0.29, 0.717) is 0 Å². The van der Waals surface area contributed by atoms with Gasteiger partial charge in [-0.2, -0.15) is 0 Å². The first-order chi connectivity index (χ1) is 19.8. The zero-order valence-electron chi connectivity index (χ0n) is 21.8. The maximum Gasteiger partial charge on any atom is 0.0391 e. The van der Waals surface area contributed by atoms with Gasteiger partial charge >= 0.3 is 0 Å². The van der Waals surface area contributed by atoms with Crippen molar-refractivity contribution in [3.8, 4) is 22.3 Å². The third kappa shape index (κ3) is 4.02. The van der Waals surface area contributed by atoms with Gasteiger partial charge in [0.1, 0.15) is 0 Å². The van der Waals surface area contributed by atoms with E-state index < -0.39 is 0 Å². The Morgan fingerprint density at radius 3 is 2.00 bits per heavy atom. The number of benzene rings is 7. The molecule has 0 aliphatic heterocycles. The molecule has 0 fully saturated rings. The molecule has 0 unspecified atom stereocenters. The Morgan fingerprint density at radius 1 is 0.375 bits per heavy atom. The van der Waals surface area contributed by atoms with Crippen LogP contribution < -0.4 is 5.32 Å². The SMILES string of the molecule is c1ccc2cc(-c3cccc4ccc(-c5ccc(Nc6ccc7sc8ccccc8c7c6)cc5)cc34)ccc2c1. The third-order valence-electron chi connectivity index (χ3n) is 7.83. The Labute approximate surface area is 237 Å². The molecule has 8 rings (SSSR count). The van der Waals surface area contributed by atoms with Crippen LogP contribution in [0, 0.1) is 0 Å². The van der Waals surface area contributed by atoms with Crippen LogP contribution in [0.1, 0.15) is 0 Å². The van der Waals surface area contributed by atoms with E-state index in [1.54, 1.807) is 0 Å². The second kappa shape index (κ2) is 9.37. The molecule has 0 saturated carbocycles. The van der Waals surface area contributed by atoms with Crippen LogP contribution in [-0.2, 0) is 0 Å². The molecule has 0 radical (unpaired) electrons. The Kier molecular flexibility index (Phi) is 5.39. The largest absolute Gasteiger partial charge is 0.356 e. The van der Waals surface area contributed by atoms with E-state index >= 15 is 0 Å². The van der Waals surface area contributed by atoms with Gasteiger partial charge in [0.25, 0.3) is 0 Å². The van der Waals surface area contributed by atoms with Gasteiger partial charge in [0.2, 0.25) is 0 Å². The maximum atomic E-state index is 3.61. The number of rotatable bonds is 4. The van der Waals surface area contributed by atoms with Crippen LogP contribution in [0.2, 0.25) is 0 Å². The molecule has 0 bridgehead atoms. The minimum absolute atomic E-state index is 1.08. The molecule has 1 heterocycles. The van der Waals surface area contributed by atoms with Gasteiger partial charge < -0.3 is 5.32 Å². The summed E-state index contributed by atoms with van der Waals surface area (Å²) in [5, 5.41) is 11.3. The molecule has 0 aliphatic rings. The van der Waals surface area contributed by atoms with Crippen LogP contribution in [0.3, 0.4) is 0 Å². The summed E-state index contributed by atoms with van der Waals surface area (Å²) in [6, 6.07) is 52.7. The average molecular weight is 528 g/mol. The summed E-state index contributed by atoms with van der Waals surface area (Å²) in [6.45, 7) is 0. The molecule has 0 aliphatic carbocycles. The van der Waals surface area contributed by atoms with Crippen LogP contribution in [-0.4, -0.2) is 0 Å². The van der Waals surface area contributed by atoms with Crippen LogP contribution in [0.4, 0.5) is 11.4 Å². The highest BCUT2D eigenvalue weighted by molar-refractivity contribution is 7.25. The number of hydrogen-bond donors (Lipinski definition) is 1. The molecule has 8 aromatic rings. The minimum atomic E-state index is 1.08. The summed E-state index contributed by atoms with van der Waals surface area (Å²) in [7, 11) is 0.